The summed E-state index contributed by atoms with van der Waals surface area (Å²) in [6.07, 6.45) is 0. The quantitative estimate of drug-likeness (QED) is 0.365. The van der Waals surface area contributed by atoms with Gasteiger partial charge < -0.3 is 31.9 Å². The number of aromatic hydroxyl groups is 4. The number of hydrogen-bond donors (Lipinski definition) is 6. The molecule has 8 N–H and O–H groups in total. The Kier molecular flexibility index (Phi) is 3.22. The molecular weight excluding hydrogens is 268 g/mol. The number of phenols is 4. The maximum Gasteiger partial charge on any atom is 0.143 e. The van der Waals surface area contributed by atoms with E-state index in [1.165, 1.54) is 24.3 Å². The molecule has 0 spiro atoms. The van der Waals surface area contributed by atoms with Crippen LogP contribution in [0.1, 0.15) is 0 Å². The Hall–Kier alpha value is -2.41. The van der Waals surface area contributed by atoms with Gasteiger partial charge in [-0.2, -0.15) is 0 Å². The Morgan fingerprint density at radius 2 is 0.895 bits per heavy atom. The monoisotopic (exact) mass is 280 g/mol. The minimum atomic E-state index is -0.244. The summed E-state index contributed by atoms with van der Waals surface area (Å²) in [6, 6.07) is 5.46. The maximum absolute atomic E-state index is 9.50. The fourth-order valence-electron chi connectivity index (χ4n) is 1.45. The number of anilines is 2. The van der Waals surface area contributed by atoms with Crippen LogP contribution in [0.25, 0.3) is 0 Å². The van der Waals surface area contributed by atoms with Crippen molar-refractivity contribution >= 4 is 23.1 Å². The van der Waals surface area contributed by atoms with Gasteiger partial charge >= 0.3 is 0 Å². The summed E-state index contributed by atoms with van der Waals surface area (Å²) >= 11 is 1.11. The van der Waals surface area contributed by atoms with Crippen LogP contribution in [0.2, 0.25) is 0 Å². The molecule has 7 heteroatoms. The summed E-state index contributed by atoms with van der Waals surface area (Å²) in [4.78, 5) is 0.987. The lowest BCUT2D eigenvalue weighted by Gasteiger charge is -2.08. The number of nitrogen functional groups attached to an aromatic ring is 2. The first kappa shape index (κ1) is 13.0. The Balaban J connectivity index is 2.36. The molecule has 2 rings (SSSR count). The fraction of sp³-hybridized carbons (Fsp3) is 0. The molecule has 19 heavy (non-hydrogen) atoms. The summed E-state index contributed by atoms with van der Waals surface area (Å²) in [6.45, 7) is 0. The van der Waals surface area contributed by atoms with Gasteiger partial charge in [0.1, 0.15) is 34.4 Å². The molecule has 0 aromatic heterocycles. The highest BCUT2D eigenvalue weighted by Gasteiger charge is 2.10. The second kappa shape index (κ2) is 4.69. The lowest BCUT2D eigenvalue weighted by atomic mass is 10.3. The fourth-order valence-corrected chi connectivity index (χ4v) is 2.40. The second-order valence-electron chi connectivity index (χ2n) is 3.85. The van der Waals surface area contributed by atoms with Crippen molar-refractivity contribution in [1.29, 1.82) is 0 Å². The zero-order valence-electron chi connectivity index (χ0n) is 9.66. The summed E-state index contributed by atoms with van der Waals surface area (Å²) in [5.41, 5.74) is 10.6. The maximum atomic E-state index is 9.50. The number of rotatable bonds is 2. The molecule has 0 saturated carbocycles. The molecule has 0 aliphatic rings. The van der Waals surface area contributed by atoms with E-state index in [-0.39, 0.29) is 34.4 Å². The Labute approximate surface area is 112 Å². The van der Waals surface area contributed by atoms with Gasteiger partial charge in [0.2, 0.25) is 0 Å². The van der Waals surface area contributed by atoms with Crippen LogP contribution in [-0.2, 0) is 0 Å². The van der Waals surface area contributed by atoms with Crippen molar-refractivity contribution < 1.29 is 20.4 Å². The highest BCUT2D eigenvalue weighted by Crippen LogP contribution is 2.41. The number of hydrogen-bond acceptors (Lipinski definition) is 7. The van der Waals surface area contributed by atoms with Crippen LogP contribution in [-0.4, -0.2) is 20.4 Å². The van der Waals surface area contributed by atoms with E-state index in [9.17, 15) is 20.4 Å². The third kappa shape index (κ3) is 2.55. The van der Waals surface area contributed by atoms with Crippen molar-refractivity contribution in [3.63, 3.8) is 0 Å². The number of nitrogens with two attached hydrogens (primary N) is 2. The molecule has 0 aliphatic carbocycles. The van der Waals surface area contributed by atoms with Crippen molar-refractivity contribution in [2.75, 3.05) is 11.5 Å². The van der Waals surface area contributed by atoms with E-state index in [1.807, 2.05) is 0 Å². The van der Waals surface area contributed by atoms with Crippen molar-refractivity contribution in [2.24, 2.45) is 0 Å². The van der Waals surface area contributed by atoms with Crippen LogP contribution < -0.4 is 11.5 Å². The van der Waals surface area contributed by atoms with Gasteiger partial charge in [-0.05, 0) is 24.3 Å². The summed E-state index contributed by atoms with van der Waals surface area (Å²) in [7, 11) is 0. The molecule has 2 aromatic carbocycles. The van der Waals surface area contributed by atoms with E-state index in [4.69, 9.17) is 11.5 Å². The zero-order valence-corrected chi connectivity index (χ0v) is 10.5. The largest absolute Gasteiger partial charge is 0.506 e. The lowest BCUT2D eigenvalue weighted by molar-refractivity contribution is 0.452. The van der Waals surface area contributed by atoms with E-state index in [2.05, 4.69) is 0 Å². The molecule has 0 atom stereocenters. The molecule has 0 saturated heterocycles. The van der Waals surface area contributed by atoms with E-state index in [0.29, 0.717) is 9.79 Å². The second-order valence-corrected chi connectivity index (χ2v) is 5.00. The third-order valence-corrected chi connectivity index (χ3v) is 3.40. The van der Waals surface area contributed by atoms with Gasteiger partial charge in [0, 0.05) is 9.79 Å². The lowest BCUT2D eigenvalue weighted by Crippen LogP contribution is -1.88. The van der Waals surface area contributed by atoms with Crippen LogP contribution >= 0.6 is 11.8 Å². The minimum absolute atomic E-state index is 0.104. The summed E-state index contributed by atoms with van der Waals surface area (Å²) in [5.74, 6) is -0.976. The van der Waals surface area contributed by atoms with Gasteiger partial charge in [0.15, 0.2) is 0 Å². The first-order valence-electron chi connectivity index (χ1n) is 5.19. The van der Waals surface area contributed by atoms with Gasteiger partial charge in [-0.15, -0.1) is 0 Å². The molecule has 6 nitrogen and oxygen atoms in total. The minimum Gasteiger partial charge on any atom is -0.506 e. The van der Waals surface area contributed by atoms with Gasteiger partial charge in [-0.25, -0.2) is 0 Å². The van der Waals surface area contributed by atoms with E-state index < -0.39 is 0 Å². The van der Waals surface area contributed by atoms with Crippen molar-refractivity contribution in [3.8, 4) is 23.0 Å². The van der Waals surface area contributed by atoms with Crippen molar-refractivity contribution in [1.82, 2.24) is 0 Å². The molecule has 2 aromatic rings. The predicted molar refractivity (Wildman–Crippen MR) is 72.5 cm³/mol. The normalized spacial score (nSPS) is 10.5. The topological polar surface area (TPSA) is 133 Å². The molecule has 0 bridgehead atoms. The van der Waals surface area contributed by atoms with Crippen molar-refractivity contribution in [2.45, 2.75) is 9.79 Å². The van der Waals surface area contributed by atoms with Crippen molar-refractivity contribution in [3.05, 3.63) is 24.3 Å². The molecule has 0 amide bonds. The Morgan fingerprint density at radius 3 is 1.16 bits per heavy atom. The first-order valence-corrected chi connectivity index (χ1v) is 6.01. The number of phenolic OH excluding ortho intramolecular Hbond substituents is 4. The van der Waals surface area contributed by atoms with Crippen LogP contribution in [0, 0.1) is 0 Å². The van der Waals surface area contributed by atoms with E-state index in [1.54, 1.807) is 0 Å². The summed E-state index contributed by atoms with van der Waals surface area (Å²) in [5, 5.41) is 38.0. The Morgan fingerprint density at radius 1 is 0.632 bits per heavy atom. The van der Waals surface area contributed by atoms with Gasteiger partial charge in [0.05, 0.1) is 0 Å². The molecule has 100 valence electrons. The molecule has 0 fully saturated rings. The smallest absolute Gasteiger partial charge is 0.143 e. The summed E-state index contributed by atoms with van der Waals surface area (Å²) < 4.78 is 0. The van der Waals surface area contributed by atoms with E-state index >= 15 is 0 Å². The third-order valence-electron chi connectivity index (χ3n) is 2.46. The van der Waals surface area contributed by atoms with Crippen LogP contribution in [0.3, 0.4) is 0 Å². The van der Waals surface area contributed by atoms with Gasteiger partial charge in [-0.3, -0.25) is 0 Å². The average molecular weight is 280 g/mol. The predicted octanol–water partition coefficient (Wildman–Crippen LogP) is 1.82. The number of benzene rings is 2. The molecule has 0 heterocycles. The molecular formula is C12H12N2O4S. The molecule has 0 unspecified atom stereocenters. The average Bonchev–Trinajstić information content (AvgIpc) is 2.33. The van der Waals surface area contributed by atoms with Crippen LogP contribution in [0.4, 0.5) is 11.4 Å². The van der Waals surface area contributed by atoms with E-state index in [0.717, 1.165) is 11.8 Å². The highest BCUT2D eigenvalue weighted by molar-refractivity contribution is 7.99. The molecule has 0 aliphatic heterocycles. The standard InChI is InChI=1S/C12H12N2O4S/c13-11-7(15)1-5(2-8(11)16)19-6-3-9(17)12(14)10(18)4-6/h1-4,15-18H,13-14H2. The highest BCUT2D eigenvalue weighted by atomic mass is 32.2. The SMILES string of the molecule is Nc1c(O)cc(Sc2cc(O)c(N)c(O)c2)cc1O. The first-order chi connectivity index (χ1) is 8.88. The zero-order chi connectivity index (χ0) is 14.2. The van der Waals surface area contributed by atoms with Crippen LogP contribution in [0.15, 0.2) is 34.1 Å². The Bertz CT molecular complexity index is 544. The van der Waals surface area contributed by atoms with Gasteiger partial charge in [-0.1, -0.05) is 11.8 Å². The van der Waals surface area contributed by atoms with Gasteiger partial charge in [0.25, 0.3) is 0 Å². The van der Waals surface area contributed by atoms with Crippen LogP contribution in [0.5, 0.6) is 23.0 Å². The molecule has 0 radical (unpaired) electrons.